The molecule has 110 valence electrons. The number of likely N-dealkylation sites (tertiary alicyclic amines) is 1. The van der Waals surface area contributed by atoms with Crippen molar-refractivity contribution in [3.05, 3.63) is 34.6 Å². The van der Waals surface area contributed by atoms with Crippen molar-refractivity contribution in [3.63, 3.8) is 0 Å². The molecule has 1 aliphatic rings. The van der Waals surface area contributed by atoms with Crippen LogP contribution in [0.1, 0.15) is 23.2 Å². The Bertz CT molecular complexity index is 461. The second-order valence-electron chi connectivity index (χ2n) is 5.20. The summed E-state index contributed by atoms with van der Waals surface area (Å²) in [7, 11) is 1.91. The number of nitrogens with zero attached hydrogens (tertiary/aromatic N) is 1. The number of hydrogen-bond donors (Lipinski definition) is 1. The number of piperidine rings is 1. The van der Waals surface area contributed by atoms with Gasteiger partial charge in [0, 0.05) is 25.6 Å². The Morgan fingerprint density at radius 3 is 3.05 bits per heavy atom. The number of carbonyl (C=O) groups is 1. The van der Waals surface area contributed by atoms with E-state index in [1.165, 1.54) is 12.1 Å². The van der Waals surface area contributed by atoms with Crippen molar-refractivity contribution in [1.29, 1.82) is 0 Å². The lowest BCUT2D eigenvalue weighted by Crippen LogP contribution is -2.41. The van der Waals surface area contributed by atoms with Gasteiger partial charge in [0.05, 0.1) is 10.6 Å². The van der Waals surface area contributed by atoms with Crippen molar-refractivity contribution in [1.82, 2.24) is 10.2 Å². The summed E-state index contributed by atoms with van der Waals surface area (Å²) < 4.78 is 13.8. The highest BCUT2D eigenvalue weighted by molar-refractivity contribution is 6.34. The van der Waals surface area contributed by atoms with Gasteiger partial charge in [0.15, 0.2) is 5.78 Å². The highest BCUT2D eigenvalue weighted by atomic mass is 35.5. The molecule has 2 rings (SSSR count). The molecule has 0 radical (unpaired) electrons. The van der Waals surface area contributed by atoms with Crippen LogP contribution in [0.25, 0.3) is 0 Å². The molecule has 1 fully saturated rings. The van der Waals surface area contributed by atoms with Crippen molar-refractivity contribution in [2.75, 3.05) is 33.2 Å². The van der Waals surface area contributed by atoms with Crippen molar-refractivity contribution >= 4 is 17.4 Å². The molecular weight excluding hydrogens is 279 g/mol. The van der Waals surface area contributed by atoms with Crippen molar-refractivity contribution in [2.24, 2.45) is 5.92 Å². The van der Waals surface area contributed by atoms with E-state index in [2.05, 4.69) is 10.2 Å². The lowest BCUT2D eigenvalue weighted by atomic mass is 9.89. The molecule has 3 nitrogen and oxygen atoms in total. The maximum atomic E-state index is 13.8. The van der Waals surface area contributed by atoms with E-state index in [1.807, 2.05) is 7.05 Å². The van der Waals surface area contributed by atoms with Crippen molar-refractivity contribution < 1.29 is 9.18 Å². The third-order valence-electron chi connectivity index (χ3n) is 3.76. The molecule has 1 saturated heterocycles. The zero-order chi connectivity index (χ0) is 14.5. The van der Waals surface area contributed by atoms with E-state index in [0.29, 0.717) is 6.54 Å². The largest absolute Gasteiger partial charge is 0.318 e. The quantitative estimate of drug-likeness (QED) is 0.848. The number of rotatable bonds is 5. The number of hydrogen-bond acceptors (Lipinski definition) is 3. The number of carbonyl (C=O) groups excluding carboxylic acids is 1. The molecule has 0 amide bonds. The molecule has 1 heterocycles. The van der Waals surface area contributed by atoms with Crippen LogP contribution >= 0.6 is 11.6 Å². The first-order valence-corrected chi connectivity index (χ1v) is 7.36. The Hall–Kier alpha value is -0.970. The van der Waals surface area contributed by atoms with Gasteiger partial charge in [-0.15, -0.1) is 0 Å². The third kappa shape index (κ3) is 3.57. The molecule has 1 atom stereocenters. The van der Waals surface area contributed by atoms with Gasteiger partial charge in [0.1, 0.15) is 5.82 Å². The number of Topliss-reactive ketones (excluding diaryl/α,β-unsaturated/α-hetero) is 1. The Balaban J connectivity index is 2.08. The SMILES string of the molecule is CNCCN1CCCC(C(=O)c2c(F)cccc2Cl)C1. The van der Waals surface area contributed by atoms with Crippen LogP contribution < -0.4 is 5.32 Å². The van der Waals surface area contributed by atoms with Gasteiger partial charge in [0.25, 0.3) is 0 Å². The van der Waals surface area contributed by atoms with E-state index in [9.17, 15) is 9.18 Å². The first-order valence-electron chi connectivity index (χ1n) is 6.98. The monoisotopic (exact) mass is 298 g/mol. The normalized spacial score (nSPS) is 20.1. The van der Waals surface area contributed by atoms with Gasteiger partial charge in [-0.25, -0.2) is 4.39 Å². The van der Waals surface area contributed by atoms with Crippen LogP contribution in [0, 0.1) is 11.7 Å². The molecule has 1 unspecified atom stereocenters. The molecule has 1 aromatic rings. The van der Waals surface area contributed by atoms with Gasteiger partial charge >= 0.3 is 0 Å². The standard InChI is InChI=1S/C15H20ClFN2O/c1-18-7-9-19-8-3-4-11(10-19)15(20)14-12(16)5-2-6-13(14)17/h2,5-6,11,18H,3-4,7-10H2,1H3. The molecular formula is C15H20ClFN2O. The van der Waals surface area contributed by atoms with Gasteiger partial charge in [-0.2, -0.15) is 0 Å². The molecule has 0 saturated carbocycles. The predicted molar refractivity (Wildman–Crippen MR) is 78.8 cm³/mol. The lowest BCUT2D eigenvalue weighted by molar-refractivity contribution is 0.0817. The summed E-state index contributed by atoms with van der Waals surface area (Å²) in [5.74, 6) is -0.841. The fraction of sp³-hybridized carbons (Fsp3) is 0.533. The average Bonchev–Trinajstić information content (AvgIpc) is 2.45. The molecule has 5 heteroatoms. The summed E-state index contributed by atoms with van der Waals surface area (Å²) in [4.78, 5) is 14.7. The molecule has 20 heavy (non-hydrogen) atoms. The topological polar surface area (TPSA) is 32.3 Å². The average molecular weight is 299 g/mol. The summed E-state index contributed by atoms with van der Waals surface area (Å²) >= 11 is 5.98. The highest BCUT2D eigenvalue weighted by Gasteiger charge is 2.29. The van der Waals surface area contributed by atoms with Gasteiger partial charge in [0.2, 0.25) is 0 Å². The molecule has 0 bridgehead atoms. The van der Waals surface area contributed by atoms with Crippen LogP contribution in [0.3, 0.4) is 0 Å². The fourth-order valence-corrected chi connectivity index (χ4v) is 2.94. The first-order chi connectivity index (χ1) is 9.63. The maximum absolute atomic E-state index is 13.8. The number of nitrogens with one attached hydrogen (secondary N) is 1. The minimum Gasteiger partial charge on any atom is -0.318 e. The zero-order valence-corrected chi connectivity index (χ0v) is 12.4. The number of likely N-dealkylation sites (N-methyl/N-ethyl adjacent to an activating group) is 1. The van der Waals surface area contributed by atoms with E-state index >= 15 is 0 Å². The van der Waals surface area contributed by atoms with E-state index in [0.717, 1.165) is 32.5 Å². The minimum absolute atomic E-state index is 0.0506. The van der Waals surface area contributed by atoms with E-state index in [-0.39, 0.29) is 22.3 Å². The molecule has 0 spiro atoms. The first kappa shape index (κ1) is 15.4. The Morgan fingerprint density at radius 1 is 1.55 bits per heavy atom. The second kappa shape index (κ2) is 7.16. The summed E-state index contributed by atoms with van der Waals surface area (Å²) in [5.41, 5.74) is 0.0506. The van der Waals surface area contributed by atoms with Gasteiger partial charge < -0.3 is 10.2 Å². The van der Waals surface area contributed by atoms with Gasteiger partial charge in [-0.05, 0) is 38.6 Å². The van der Waals surface area contributed by atoms with Crippen molar-refractivity contribution in [3.8, 4) is 0 Å². The summed E-state index contributed by atoms with van der Waals surface area (Å²) in [6.45, 7) is 3.48. The van der Waals surface area contributed by atoms with Crippen LogP contribution in [0.15, 0.2) is 18.2 Å². The van der Waals surface area contributed by atoms with Crippen LogP contribution in [-0.4, -0.2) is 43.9 Å². The number of ketones is 1. The summed E-state index contributed by atoms with van der Waals surface area (Å²) in [6, 6.07) is 4.38. The lowest BCUT2D eigenvalue weighted by Gasteiger charge is -2.32. The van der Waals surface area contributed by atoms with Crippen LogP contribution in [-0.2, 0) is 0 Å². The van der Waals surface area contributed by atoms with Gasteiger partial charge in [-0.3, -0.25) is 4.79 Å². The Morgan fingerprint density at radius 2 is 2.35 bits per heavy atom. The molecule has 0 aromatic heterocycles. The molecule has 0 aliphatic carbocycles. The van der Waals surface area contributed by atoms with E-state index in [1.54, 1.807) is 6.07 Å². The van der Waals surface area contributed by atoms with Gasteiger partial charge in [-0.1, -0.05) is 17.7 Å². The Labute approximate surface area is 124 Å². The highest BCUT2D eigenvalue weighted by Crippen LogP contribution is 2.26. The molecule has 1 aliphatic heterocycles. The minimum atomic E-state index is -0.519. The Kier molecular flexibility index (Phi) is 5.52. The number of benzene rings is 1. The van der Waals surface area contributed by atoms with Crippen LogP contribution in [0.5, 0.6) is 0 Å². The van der Waals surface area contributed by atoms with E-state index < -0.39 is 5.82 Å². The van der Waals surface area contributed by atoms with Crippen LogP contribution in [0.2, 0.25) is 5.02 Å². The van der Waals surface area contributed by atoms with Crippen molar-refractivity contribution in [2.45, 2.75) is 12.8 Å². The molecule has 1 N–H and O–H groups in total. The second-order valence-corrected chi connectivity index (χ2v) is 5.61. The maximum Gasteiger partial charge on any atom is 0.171 e. The summed E-state index contributed by atoms with van der Waals surface area (Å²) in [6.07, 6.45) is 1.77. The smallest absolute Gasteiger partial charge is 0.171 e. The zero-order valence-electron chi connectivity index (χ0n) is 11.7. The summed E-state index contributed by atoms with van der Waals surface area (Å²) in [5, 5.41) is 3.31. The molecule has 1 aromatic carbocycles. The predicted octanol–water partition coefficient (Wildman–Crippen LogP) is 2.59. The fourth-order valence-electron chi connectivity index (χ4n) is 2.68. The number of halogens is 2. The van der Waals surface area contributed by atoms with Crippen LogP contribution in [0.4, 0.5) is 4.39 Å². The van der Waals surface area contributed by atoms with E-state index in [4.69, 9.17) is 11.6 Å². The third-order valence-corrected chi connectivity index (χ3v) is 4.08.